The van der Waals surface area contributed by atoms with Gasteiger partial charge >= 0.3 is 0 Å². The monoisotopic (exact) mass is 517 g/mol. The molecule has 28 heavy (non-hydrogen) atoms. The van der Waals surface area contributed by atoms with E-state index in [2.05, 4.69) is 25.9 Å². The summed E-state index contributed by atoms with van der Waals surface area (Å²) in [5, 5.41) is 9.32. The molecule has 3 N–H and O–H groups in total. The number of carbonyl (C=O) groups excluding carboxylic acids is 1. The van der Waals surface area contributed by atoms with Gasteiger partial charge in [0.2, 0.25) is 0 Å². The van der Waals surface area contributed by atoms with Crippen LogP contribution in [0.5, 0.6) is 5.75 Å². The summed E-state index contributed by atoms with van der Waals surface area (Å²) in [6.45, 7) is 8.20. The Morgan fingerprint density at radius 3 is 2.61 bits per heavy atom. The third-order valence-electron chi connectivity index (χ3n) is 3.85. The number of rotatable bonds is 8. The first-order valence-electron chi connectivity index (χ1n) is 8.89. The summed E-state index contributed by atoms with van der Waals surface area (Å²) < 4.78 is 5.43. The lowest BCUT2D eigenvalue weighted by Gasteiger charge is -2.13. The molecule has 0 spiro atoms. The highest BCUT2D eigenvalue weighted by molar-refractivity contribution is 14.0. The number of nitrogens with one attached hydrogen (secondary N) is 3. The zero-order chi connectivity index (χ0) is 19.6. The van der Waals surface area contributed by atoms with Gasteiger partial charge in [0.1, 0.15) is 10.6 Å². The molecule has 9 heteroatoms. The molecule has 0 saturated carbocycles. The maximum atomic E-state index is 12.1. The second kappa shape index (κ2) is 12.6. The zero-order valence-electron chi connectivity index (χ0n) is 16.7. The van der Waals surface area contributed by atoms with E-state index in [1.165, 1.54) is 11.3 Å². The third kappa shape index (κ3) is 7.27. The van der Waals surface area contributed by atoms with E-state index in [9.17, 15) is 4.79 Å². The van der Waals surface area contributed by atoms with Gasteiger partial charge in [0.05, 0.1) is 24.9 Å². The maximum Gasteiger partial charge on any atom is 0.263 e. The van der Waals surface area contributed by atoms with Crippen molar-refractivity contribution < 1.29 is 9.53 Å². The summed E-state index contributed by atoms with van der Waals surface area (Å²) in [7, 11) is 1.67. The summed E-state index contributed by atoms with van der Waals surface area (Å²) in [6.07, 6.45) is 0. The Morgan fingerprint density at radius 2 is 1.96 bits per heavy atom. The van der Waals surface area contributed by atoms with Gasteiger partial charge in [-0.1, -0.05) is 12.1 Å². The minimum absolute atomic E-state index is 0. The quantitative estimate of drug-likeness (QED) is 0.217. The number of benzene rings is 1. The van der Waals surface area contributed by atoms with Crippen molar-refractivity contribution in [1.82, 2.24) is 20.9 Å². The number of hydrogen-bond donors (Lipinski definition) is 3. The zero-order valence-corrected chi connectivity index (χ0v) is 19.8. The molecule has 0 saturated heterocycles. The van der Waals surface area contributed by atoms with E-state index in [0.717, 1.165) is 29.1 Å². The second-order valence-corrected chi connectivity index (χ2v) is 6.81. The lowest BCUT2D eigenvalue weighted by atomic mass is 10.1. The smallest absolute Gasteiger partial charge is 0.263 e. The molecule has 7 nitrogen and oxygen atoms in total. The average molecular weight is 517 g/mol. The van der Waals surface area contributed by atoms with E-state index in [4.69, 9.17) is 4.74 Å². The van der Waals surface area contributed by atoms with Crippen LogP contribution in [-0.2, 0) is 6.54 Å². The molecule has 0 atom stereocenters. The first-order valence-corrected chi connectivity index (χ1v) is 9.77. The fraction of sp³-hybridized carbons (Fsp3) is 0.421. The van der Waals surface area contributed by atoms with Gasteiger partial charge in [-0.05, 0) is 32.4 Å². The third-order valence-corrected chi connectivity index (χ3v) is 4.78. The second-order valence-electron chi connectivity index (χ2n) is 5.96. The molecular formula is C19H28IN5O2S. The number of aryl methyl sites for hydroxylation is 2. The van der Waals surface area contributed by atoms with Crippen molar-refractivity contribution in [1.29, 1.82) is 0 Å². The Balaban J connectivity index is 0.00000392. The molecular weight excluding hydrogens is 489 g/mol. The minimum atomic E-state index is -0.0943. The number of nitrogens with zero attached hydrogens (tertiary/aromatic N) is 2. The molecule has 0 aliphatic heterocycles. The molecule has 0 fully saturated rings. The van der Waals surface area contributed by atoms with Crippen molar-refractivity contribution >= 4 is 47.2 Å². The van der Waals surface area contributed by atoms with E-state index in [-0.39, 0.29) is 29.9 Å². The summed E-state index contributed by atoms with van der Waals surface area (Å²) in [5.41, 5.74) is 4.61. The number of carbonyl (C=O) groups is 1. The van der Waals surface area contributed by atoms with E-state index < -0.39 is 0 Å². The van der Waals surface area contributed by atoms with Crippen LogP contribution in [-0.4, -0.2) is 43.6 Å². The van der Waals surface area contributed by atoms with Crippen molar-refractivity contribution in [3.8, 4) is 5.75 Å². The molecule has 0 aliphatic rings. The van der Waals surface area contributed by atoms with Gasteiger partial charge in [-0.15, -0.1) is 35.3 Å². The van der Waals surface area contributed by atoms with Gasteiger partial charge in [0.15, 0.2) is 5.96 Å². The molecule has 0 bridgehead atoms. The Kier molecular flexibility index (Phi) is 10.8. The molecule has 1 aromatic carbocycles. The predicted octanol–water partition coefficient (Wildman–Crippen LogP) is 2.87. The topological polar surface area (TPSA) is 87.6 Å². The van der Waals surface area contributed by atoms with Crippen LogP contribution in [0.1, 0.15) is 33.4 Å². The van der Waals surface area contributed by atoms with Crippen molar-refractivity contribution in [3.63, 3.8) is 0 Å². The van der Waals surface area contributed by atoms with Crippen LogP contribution in [0.4, 0.5) is 0 Å². The van der Waals surface area contributed by atoms with E-state index in [1.54, 1.807) is 12.6 Å². The molecule has 1 amide bonds. The van der Waals surface area contributed by atoms with Gasteiger partial charge in [-0.2, -0.15) is 0 Å². The largest absolute Gasteiger partial charge is 0.496 e. The molecule has 1 heterocycles. The first-order chi connectivity index (χ1) is 13.0. The Morgan fingerprint density at radius 1 is 1.21 bits per heavy atom. The van der Waals surface area contributed by atoms with Gasteiger partial charge in [0, 0.05) is 25.2 Å². The number of ether oxygens (including phenoxy) is 1. The number of aromatic nitrogens is 1. The van der Waals surface area contributed by atoms with Crippen LogP contribution in [0.15, 0.2) is 28.7 Å². The highest BCUT2D eigenvalue weighted by Gasteiger charge is 2.10. The van der Waals surface area contributed by atoms with Gasteiger partial charge in [-0.3, -0.25) is 4.79 Å². The van der Waals surface area contributed by atoms with E-state index >= 15 is 0 Å². The van der Waals surface area contributed by atoms with Crippen LogP contribution in [0.25, 0.3) is 0 Å². The fourth-order valence-corrected chi connectivity index (χ4v) is 3.16. The van der Waals surface area contributed by atoms with Gasteiger partial charge < -0.3 is 20.7 Å². The number of hydrogen-bond acceptors (Lipinski definition) is 5. The van der Waals surface area contributed by atoms with Crippen LogP contribution >= 0.6 is 35.3 Å². The molecule has 154 valence electrons. The summed E-state index contributed by atoms with van der Waals surface area (Å²) in [6, 6.07) is 6.08. The summed E-state index contributed by atoms with van der Waals surface area (Å²) in [5.74, 6) is 1.44. The molecule has 0 unspecified atom stereocenters. The van der Waals surface area contributed by atoms with Crippen LogP contribution in [0.2, 0.25) is 0 Å². The number of methoxy groups -OCH3 is 1. The highest BCUT2D eigenvalue weighted by atomic mass is 127. The SMILES string of the molecule is CCNC(=NCc1ccc(C)cc1OC)NCCNC(=O)c1scnc1C.I. The number of thiazole rings is 1. The molecule has 1 aromatic heterocycles. The van der Waals surface area contributed by atoms with E-state index in [1.807, 2.05) is 39.0 Å². The first kappa shape index (κ1) is 24.2. The molecule has 0 radical (unpaired) electrons. The highest BCUT2D eigenvalue weighted by Crippen LogP contribution is 2.20. The van der Waals surface area contributed by atoms with Crippen LogP contribution in [0, 0.1) is 13.8 Å². The average Bonchev–Trinajstić information content (AvgIpc) is 3.09. The number of amides is 1. The standard InChI is InChI=1S/C19H27N5O2S.HI/c1-5-20-19(23-11-15-7-6-13(2)10-16(15)26-4)22-9-8-21-18(25)17-14(3)24-12-27-17;/h6-7,10,12H,5,8-9,11H2,1-4H3,(H,21,25)(H2,20,22,23);1H. The van der Waals surface area contributed by atoms with Crippen molar-refractivity contribution in [2.45, 2.75) is 27.3 Å². The normalized spacial score (nSPS) is 10.8. The van der Waals surface area contributed by atoms with Crippen molar-refractivity contribution in [2.75, 3.05) is 26.7 Å². The Hall–Kier alpha value is -1.88. The lowest BCUT2D eigenvalue weighted by molar-refractivity contribution is 0.0957. The maximum absolute atomic E-state index is 12.1. The minimum Gasteiger partial charge on any atom is -0.496 e. The van der Waals surface area contributed by atoms with Crippen molar-refractivity contribution in [3.05, 3.63) is 45.4 Å². The fourth-order valence-electron chi connectivity index (χ4n) is 2.45. The number of halogens is 1. The Bertz CT molecular complexity index is 794. The summed E-state index contributed by atoms with van der Waals surface area (Å²) >= 11 is 1.35. The van der Waals surface area contributed by atoms with Crippen molar-refractivity contribution in [2.24, 2.45) is 4.99 Å². The van der Waals surface area contributed by atoms with Crippen LogP contribution in [0.3, 0.4) is 0 Å². The molecule has 0 aliphatic carbocycles. The lowest BCUT2D eigenvalue weighted by Crippen LogP contribution is -2.41. The summed E-state index contributed by atoms with van der Waals surface area (Å²) in [4.78, 5) is 21.4. The molecule has 2 rings (SSSR count). The van der Waals surface area contributed by atoms with Gasteiger partial charge in [0.25, 0.3) is 5.91 Å². The van der Waals surface area contributed by atoms with Gasteiger partial charge in [-0.25, -0.2) is 9.98 Å². The van der Waals surface area contributed by atoms with E-state index in [0.29, 0.717) is 30.5 Å². The predicted molar refractivity (Wildman–Crippen MR) is 125 cm³/mol. The number of aliphatic imine (C=N–C) groups is 1. The Labute approximate surface area is 187 Å². The number of guanidine groups is 1. The molecule has 2 aromatic rings. The van der Waals surface area contributed by atoms with Crippen LogP contribution < -0.4 is 20.7 Å².